The summed E-state index contributed by atoms with van der Waals surface area (Å²) in [5.41, 5.74) is 0.170. The van der Waals surface area contributed by atoms with E-state index in [1.165, 1.54) is 0 Å². The van der Waals surface area contributed by atoms with Crippen molar-refractivity contribution in [3.8, 4) is 5.75 Å². The lowest BCUT2D eigenvalue weighted by Gasteiger charge is -2.16. The number of likely N-dealkylation sites (N-methyl/N-ethyl adjacent to an activating group) is 1. The van der Waals surface area contributed by atoms with Crippen LogP contribution in [-0.4, -0.2) is 42.7 Å². The number of hydrogen-bond acceptors (Lipinski definition) is 3. The van der Waals surface area contributed by atoms with Gasteiger partial charge in [0.05, 0.1) is 0 Å². The lowest BCUT2D eigenvalue weighted by Crippen LogP contribution is -2.28. The van der Waals surface area contributed by atoms with Gasteiger partial charge >= 0.3 is 5.97 Å². The first-order chi connectivity index (χ1) is 8.49. The summed E-state index contributed by atoms with van der Waals surface area (Å²) in [6.45, 7) is 4.89. The molecule has 98 valence electrons. The first kappa shape index (κ1) is 14.5. The molecule has 1 aromatic carbocycles. The molecule has 0 aliphatic rings. The standard InChI is InChI=1S/C13H16ClNO3/c1-10(13(16)17)9-15(2)7-8-18-12-5-3-11(14)4-6-12/h3-6H,1,7-9H2,2H3,(H,16,17). The Hall–Kier alpha value is -1.52. The van der Waals surface area contributed by atoms with Gasteiger partial charge in [0, 0.05) is 23.7 Å². The summed E-state index contributed by atoms with van der Waals surface area (Å²) in [5.74, 6) is -0.231. The smallest absolute Gasteiger partial charge is 0.332 e. The van der Waals surface area contributed by atoms with Crippen LogP contribution >= 0.6 is 11.6 Å². The summed E-state index contributed by atoms with van der Waals surface area (Å²) in [4.78, 5) is 12.4. The molecule has 0 fully saturated rings. The lowest BCUT2D eigenvalue weighted by atomic mass is 10.3. The van der Waals surface area contributed by atoms with E-state index in [1.807, 2.05) is 11.9 Å². The molecule has 0 saturated heterocycles. The maximum absolute atomic E-state index is 10.6. The first-order valence-electron chi connectivity index (χ1n) is 5.47. The Kier molecular flexibility index (Phi) is 5.68. The molecule has 0 saturated carbocycles. The van der Waals surface area contributed by atoms with E-state index < -0.39 is 5.97 Å². The number of carboxylic acids is 1. The minimum absolute atomic E-state index is 0.170. The molecule has 0 spiro atoms. The van der Waals surface area contributed by atoms with E-state index >= 15 is 0 Å². The number of nitrogens with zero attached hydrogens (tertiary/aromatic N) is 1. The number of halogens is 1. The summed E-state index contributed by atoms with van der Waals surface area (Å²) in [6, 6.07) is 7.09. The highest BCUT2D eigenvalue weighted by Gasteiger charge is 2.07. The fourth-order valence-electron chi connectivity index (χ4n) is 1.32. The SMILES string of the molecule is C=C(CN(C)CCOc1ccc(Cl)cc1)C(=O)O. The van der Waals surface area contributed by atoms with Gasteiger partial charge in [0.15, 0.2) is 0 Å². The minimum Gasteiger partial charge on any atom is -0.492 e. The molecule has 0 radical (unpaired) electrons. The zero-order valence-corrected chi connectivity index (χ0v) is 11.0. The zero-order chi connectivity index (χ0) is 13.5. The largest absolute Gasteiger partial charge is 0.492 e. The highest BCUT2D eigenvalue weighted by molar-refractivity contribution is 6.30. The van der Waals surface area contributed by atoms with Crippen LogP contribution in [0.1, 0.15) is 0 Å². The minimum atomic E-state index is -0.972. The molecule has 1 rings (SSSR count). The van der Waals surface area contributed by atoms with E-state index in [0.29, 0.717) is 24.7 Å². The van der Waals surface area contributed by atoms with E-state index in [9.17, 15) is 4.79 Å². The Morgan fingerprint density at radius 1 is 1.44 bits per heavy atom. The highest BCUT2D eigenvalue weighted by Crippen LogP contribution is 2.15. The van der Waals surface area contributed by atoms with Crippen LogP contribution in [0.3, 0.4) is 0 Å². The van der Waals surface area contributed by atoms with E-state index in [1.54, 1.807) is 24.3 Å². The van der Waals surface area contributed by atoms with Crippen molar-refractivity contribution in [2.75, 3.05) is 26.7 Å². The quantitative estimate of drug-likeness (QED) is 0.772. The van der Waals surface area contributed by atoms with Crippen LogP contribution in [0.5, 0.6) is 5.75 Å². The van der Waals surface area contributed by atoms with E-state index in [2.05, 4.69) is 6.58 Å². The molecule has 0 atom stereocenters. The van der Waals surface area contributed by atoms with Crippen molar-refractivity contribution < 1.29 is 14.6 Å². The number of carboxylic acid groups (broad SMARTS) is 1. The molecule has 0 bridgehead atoms. The van der Waals surface area contributed by atoms with Crippen LogP contribution in [0.4, 0.5) is 0 Å². The van der Waals surface area contributed by atoms with Gasteiger partial charge in [0.25, 0.3) is 0 Å². The number of aliphatic carboxylic acids is 1. The van der Waals surface area contributed by atoms with Crippen LogP contribution in [0, 0.1) is 0 Å². The fourth-order valence-corrected chi connectivity index (χ4v) is 1.45. The van der Waals surface area contributed by atoms with Gasteiger partial charge in [-0.1, -0.05) is 18.2 Å². The molecular weight excluding hydrogens is 254 g/mol. The van der Waals surface area contributed by atoms with Crippen molar-refractivity contribution in [1.82, 2.24) is 4.90 Å². The van der Waals surface area contributed by atoms with Gasteiger partial charge < -0.3 is 9.84 Å². The van der Waals surface area contributed by atoms with Crippen molar-refractivity contribution in [3.63, 3.8) is 0 Å². The Bertz CT molecular complexity index is 417. The van der Waals surface area contributed by atoms with Gasteiger partial charge in [-0.05, 0) is 31.3 Å². The fraction of sp³-hybridized carbons (Fsp3) is 0.308. The average molecular weight is 270 g/mol. The van der Waals surface area contributed by atoms with E-state index in [4.69, 9.17) is 21.4 Å². The maximum Gasteiger partial charge on any atom is 0.332 e. The van der Waals surface area contributed by atoms with Crippen LogP contribution < -0.4 is 4.74 Å². The first-order valence-corrected chi connectivity index (χ1v) is 5.85. The van der Waals surface area contributed by atoms with Crippen molar-refractivity contribution in [2.24, 2.45) is 0 Å². The van der Waals surface area contributed by atoms with Gasteiger partial charge in [-0.25, -0.2) is 4.79 Å². The summed E-state index contributed by atoms with van der Waals surface area (Å²) in [6.07, 6.45) is 0. The molecule has 0 aliphatic carbocycles. The van der Waals surface area contributed by atoms with Crippen molar-refractivity contribution in [2.45, 2.75) is 0 Å². The average Bonchev–Trinajstić information content (AvgIpc) is 2.31. The number of rotatable bonds is 7. The molecule has 0 aliphatic heterocycles. The third-order valence-electron chi connectivity index (χ3n) is 2.32. The third-order valence-corrected chi connectivity index (χ3v) is 2.57. The summed E-state index contributed by atoms with van der Waals surface area (Å²) in [5, 5.41) is 9.35. The maximum atomic E-state index is 10.6. The summed E-state index contributed by atoms with van der Waals surface area (Å²) in [7, 11) is 1.82. The Labute approximate surface area is 111 Å². The molecule has 0 amide bonds. The van der Waals surface area contributed by atoms with E-state index in [0.717, 1.165) is 5.75 Å². The Balaban J connectivity index is 2.27. The van der Waals surface area contributed by atoms with Crippen LogP contribution in [0.2, 0.25) is 5.02 Å². The normalized spacial score (nSPS) is 10.4. The molecule has 5 heteroatoms. The molecule has 0 aromatic heterocycles. The van der Waals surface area contributed by atoms with Crippen LogP contribution in [-0.2, 0) is 4.79 Å². The van der Waals surface area contributed by atoms with Gasteiger partial charge in [0.2, 0.25) is 0 Å². The second-order valence-electron chi connectivity index (χ2n) is 3.95. The number of carbonyl (C=O) groups is 1. The number of benzene rings is 1. The van der Waals surface area contributed by atoms with Crippen LogP contribution in [0.25, 0.3) is 0 Å². The number of hydrogen-bond donors (Lipinski definition) is 1. The second-order valence-corrected chi connectivity index (χ2v) is 4.39. The molecular formula is C13H16ClNO3. The van der Waals surface area contributed by atoms with Crippen molar-refractivity contribution in [3.05, 3.63) is 41.4 Å². The predicted molar refractivity (Wildman–Crippen MR) is 71.2 cm³/mol. The monoisotopic (exact) mass is 269 g/mol. The van der Waals surface area contributed by atoms with Gasteiger partial charge in [-0.2, -0.15) is 0 Å². The van der Waals surface area contributed by atoms with Gasteiger partial charge in [-0.3, -0.25) is 4.90 Å². The third kappa shape index (κ3) is 5.21. The van der Waals surface area contributed by atoms with Crippen molar-refractivity contribution in [1.29, 1.82) is 0 Å². The number of ether oxygens (including phenoxy) is 1. The Morgan fingerprint density at radius 3 is 2.61 bits per heavy atom. The molecule has 0 heterocycles. The van der Waals surface area contributed by atoms with Gasteiger partial charge in [-0.15, -0.1) is 0 Å². The highest BCUT2D eigenvalue weighted by atomic mass is 35.5. The molecule has 18 heavy (non-hydrogen) atoms. The summed E-state index contributed by atoms with van der Waals surface area (Å²) >= 11 is 5.75. The predicted octanol–water partition coefficient (Wildman–Crippen LogP) is 2.29. The molecule has 0 unspecified atom stereocenters. The Morgan fingerprint density at radius 2 is 2.06 bits per heavy atom. The molecule has 1 N–H and O–H groups in total. The molecule has 1 aromatic rings. The van der Waals surface area contributed by atoms with Crippen molar-refractivity contribution >= 4 is 17.6 Å². The zero-order valence-electron chi connectivity index (χ0n) is 10.2. The van der Waals surface area contributed by atoms with E-state index in [-0.39, 0.29) is 5.57 Å². The van der Waals surface area contributed by atoms with Crippen LogP contribution in [0.15, 0.2) is 36.4 Å². The molecule has 4 nitrogen and oxygen atoms in total. The van der Waals surface area contributed by atoms with Gasteiger partial charge in [0.1, 0.15) is 12.4 Å². The second kappa shape index (κ2) is 7.03. The lowest BCUT2D eigenvalue weighted by molar-refractivity contribution is -0.132. The summed E-state index contributed by atoms with van der Waals surface area (Å²) < 4.78 is 5.50. The topological polar surface area (TPSA) is 49.8 Å².